The second kappa shape index (κ2) is 3.24. The van der Waals surface area contributed by atoms with Gasteiger partial charge in [-0.1, -0.05) is 0 Å². The molecule has 1 saturated heterocycles. The maximum Gasteiger partial charge on any atom is 0.219 e. The van der Waals surface area contributed by atoms with Gasteiger partial charge >= 0.3 is 0 Å². The molecule has 0 bridgehead atoms. The van der Waals surface area contributed by atoms with Gasteiger partial charge in [0, 0.05) is 25.4 Å². The van der Waals surface area contributed by atoms with Crippen LogP contribution in [0.25, 0.3) is 0 Å². The van der Waals surface area contributed by atoms with E-state index in [9.17, 15) is 4.79 Å². The molecule has 1 unspecified atom stereocenters. The highest BCUT2D eigenvalue weighted by Gasteiger charge is 2.24. The molecule has 1 rings (SSSR count). The quantitative estimate of drug-likeness (QED) is 0.530. The van der Waals surface area contributed by atoms with Crippen LogP contribution in [0.15, 0.2) is 0 Å². The van der Waals surface area contributed by atoms with Crippen molar-refractivity contribution in [2.24, 2.45) is 0 Å². The number of carbonyl (C=O) groups excluding carboxylic acids is 1. The van der Waals surface area contributed by atoms with Crippen LogP contribution >= 0.6 is 11.6 Å². The van der Waals surface area contributed by atoms with Crippen molar-refractivity contribution in [2.45, 2.75) is 25.8 Å². The minimum absolute atomic E-state index is 0.156. The van der Waals surface area contributed by atoms with Crippen LogP contribution in [0, 0.1) is 0 Å². The molecule has 0 aromatic heterocycles. The number of likely N-dealkylation sites (tertiary alicyclic amines) is 1. The molecule has 1 amide bonds. The fourth-order valence-corrected chi connectivity index (χ4v) is 1.73. The Hall–Kier alpha value is -0.240. The minimum atomic E-state index is 0.156. The van der Waals surface area contributed by atoms with Crippen molar-refractivity contribution in [3.8, 4) is 0 Å². The zero-order valence-corrected chi connectivity index (χ0v) is 6.90. The molecular weight excluding hydrogens is 150 g/mol. The normalized spacial score (nSPS) is 25.4. The third kappa shape index (κ3) is 1.43. The van der Waals surface area contributed by atoms with Crippen LogP contribution in [0.5, 0.6) is 0 Å². The molecule has 1 heterocycles. The first-order valence-electron chi connectivity index (χ1n) is 3.59. The van der Waals surface area contributed by atoms with Gasteiger partial charge < -0.3 is 4.90 Å². The minimum Gasteiger partial charge on any atom is -0.339 e. The fraction of sp³-hybridized carbons (Fsp3) is 0.857. The van der Waals surface area contributed by atoms with Gasteiger partial charge in [0.05, 0.1) is 0 Å². The third-order valence-electron chi connectivity index (χ3n) is 1.96. The summed E-state index contributed by atoms with van der Waals surface area (Å²) < 4.78 is 0. The summed E-state index contributed by atoms with van der Waals surface area (Å²) in [6, 6.07) is 0.305. The molecule has 3 heteroatoms. The largest absolute Gasteiger partial charge is 0.339 e. The van der Waals surface area contributed by atoms with Crippen molar-refractivity contribution in [3.05, 3.63) is 0 Å². The summed E-state index contributed by atoms with van der Waals surface area (Å²) in [5, 5.41) is 0. The molecule has 1 fully saturated rings. The maximum absolute atomic E-state index is 10.9. The molecule has 10 heavy (non-hydrogen) atoms. The Morgan fingerprint density at radius 3 is 2.90 bits per heavy atom. The van der Waals surface area contributed by atoms with Crippen molar-refractivity contribution in [2.75, 3.05) is 12.4 Å². The van der Waals surface area contributed by atoms with Crippen LogP contribution in [0.3, 0.4) is 0 Å². The van der Waals surface area contributed by atoms with Crippen LogP contribution < -0.4 is 0 Å². The second-order valence-electron chi connectivity index (χ2n) is 2.66. The Balaban J connectivity index is 2.50. The predicted octanol–water partition coefficient (Wildman–Crippen LogP) is 1.24. The molecular formula is C7H12ClNO. The maximum atomic E-state index is 10.9. The standard InChI is InChI=1S/C7H12ClNO/c1-6(10)9-4-2-3-7(9)5-8/h7H,2-5H2,1H3. The SMILES string of the molecule is CC(=O)N1CCCC1CCl. The molecule has 0 aliphatic carbocycles. The summed E-state index contributed by atoms with van der Waals surface area (Å²) in [5.74, 6) is 0.739. The van der Waals surface area contributed by atoms with Gasteiger partial charge in [-0.3, -0.25) is 4.79 Å². The van der Waals surface area contributed by atoms with Gasteiger partial charge in [-0.2, -0.15) is 0 Å². The van der Waals surface area contributed by atoms with E-state index in [1.165, 1.54) is 0 Å². The first-order valence-corrected chi connectivity index (χ1v) is 4.12. The lowest BCUT2D eigenvalue weighted by molar-refractivity contribution is -0.129. The number of hydrogen-bond acceptors (Lipinski definition) is 1. The Labute approximate surface area is 66.1 Å². The van der Waals surface area contributed by atoms with Crippen LogP contribution in [-0.2, 0) is 4.79 Å². The Morgan fingerprint density at radius 1 is 1.80 bits per heavy atom. The summed E-state index contributed by atoms with van der Waals surface area (Å²) in [6.45, 7) is 2.50. The molecule has 0 saturated carbocycles. The van der Waals surface area contributed by atoms with E-state index in [-0.39, 0.29) is 5.91 Å². The number of alkyl halides is 1. The van der Waals surface area contributed by atoms with E-state index in [2.05, 4.69) is 0 Å². The molecule has 0 radical (unpaired) electrons. The van der Waals surface area contributed by atoms with E-state index >= 15 is 0 Å². The zero-order chi connectivity index (χ0) is 7.56. The molecule has 0 spiro atoms. The molecule has 0 aromatic rings. The number of halogens is 1. The van der Waals surface area contributed by atoms with E-state index in [1.807, 2.05) is 4.90 Å². The lowest BCUT2D eigenvalue weighted by atomic mass is 10.2. The van der Waals surface area contributed by atoms with E-state index in [1.54, 1.807) is 6.92 Å². The average molecular weight is 162 g/mol. The van der Waals surface area contributed by atoms with Crippen molar-refractivity contribution in [3.63, 3.8) is 0 Å². The lowest BCUT2D eigenvalue weighted by Gasteiger charge is -2.20. The number of hydrogen-bond donors (Lipinski definition) is 0. The summed E-state index contributed by atoms with van der Waals surface area (Å²) >= 11 is 5.65. The van der Waals surface area contributed by atoms with E-state index < -0.39 is 0 Å². The van der Waals surface area contributed by atoms with Crippen molar-refractivity contribution in [1.82, 2.24) is 4.90 Å². The Bertz CT molecular complexity index is 138. The predicted molar refractivity (Wildman–Crippen MR) is 41.1 cm³/mol. The summed E-state index contributed by atoms with van der Waals surface area (Å²) in [5.41, 5.74) is 0. The molecule has 0 aromatic carbocycles. The first kappa shape index (κ1) is 7.86. The van der Waals surface area contributed by atoms with Crippen LogP contribution in [0.4, 0.5) is 0 Å². The van der Waals surface area contributed by atoms with Crippen LogP contribution in [0.1, 0.15) is 19.8 Å². The van der Waals surface area contributed by atoms with Crippen molar-refractivity contribution in [1.29, 1.82) is 0 Å². The smallest absolute Gasteiger partial charge is 0.219 e. The van der Waals surface area contributed by atoms with Gasteiger partial charge in [0.2, 0.25) is 5.91 Å². The highest BCUT2D eigenvalue weighted by Crippen LogP contribution is 2.17. The molecule has 0 N–H and O–H groups in total. The molecule has 1 aliphatic heterocycles. The summed E-state index contributed by atoms with van der Waals surface area (Å²) in [7, 11) is 0. The van der Waals surface area contributed by atoms with Gasteiger partial charge in [-0.25, -0.2) is 0 Å². The topological polar surface area (TPSA) is 20.3 Å². The zero-order valence-electron chi connectivity index (χ0n) is 6.14. The summed E-state index contributed by atoms with van der Waals surface area (Å²) in [6.07, 6.45) is 2.18. The molecule has 2 nitrogen and oxygen atoms in total. The Kier molecular flexibility index (Phi) is 2.55. The summed E-state index contributed by atoms with van der Waals surface area (Å²) in [4.78, 5) is 12.7. The number of rotatable bonds is 1. The lowest BCUT2D eigenvalue weighted by Crippen LogP contribution is -2.34. The van der Waals surface area contributed by atoms with Crippen molar-refractivity contribution < 1.29 is 4.79 Å². The van der Waals surface area contributed by atoms with Gasteiger partial charge in [0.15, 0.2) is 0 Å². The highest BCUT2D eigenvalue weighted by molar-refractivity contribution is 6.18. The Morgan fingerprint density at radius 2 is 2.50 bits per heavy atom. The first-order chi connectivity index (χ1) is 4.75. The van der Waals surface area contributed by atoms with Crippen LogP contribution in [0.2, 0.25) is 0 Å². The van der Waals surface area contributed by atoms with Gasteiger partial charge in [0.1, 0.15) is 0 Å². The monoisotopic (exact) mass is 161 g/mol. The van der Waals surface area contributed by atoms with E-state index in [0.29, 0.717) is 11.9 Å². The second-order valence-corrected chi connectivity index (χ2v) is 2.97. The number of amides is 1. The number of nitrogens with zero attached hydrogens (tertiary/aromatic N) is 1. The van der Waals surface area contributed by atoms with Crippen LogP contribution in [-0.4, -0.2) is 29.3 Å². The molecule has 1 atom stereocenters. The molecule has 1 aliphatic rings. The fourth-order valence-electron chi connectivity index (χ4n) is 1.41. The van der Waals surface area contributed by atoms with Gasteiger partial charge in [-0.15, -0.1) is 11.6 Å². The average Bonchev–Trinajstić information content (AvgIpc) is 2.33. The third-order valence-corrected chi connectivity index (χ3v) is 2.32. The highest BCUT2D eigenvalue weighted by atomic mass is 35.5. The molecule has 58 valence electrons. The van der Waals surface area contributed by atoms with Gasteiger partial charge in [-0.05, 0) is 12.8 Å². The van der Waals surface area contributed by atoms with Gasteiger partial charge in [0.25, 0.3) is 0 Å². The van der Waals surface area contributed by atoms with E-state index in [4.69, 9.17) is 11.6 Å². The van der Waals surface area contributed by atoms with E-state index in [0.717, 1.165) is 19.4 Å². The van der Waals surface area contributed by atoms with Crippen molar-refractivity contribution >= 4 is 17.5 Å². The number of carbonyl (C=O) groups is 1.